The van der Waals surface area contributed by atoms with Crippen LogP contribution in [-0.2, 0) is 4.79 Å². The van der Waals surface area contributed by atoms with Gasteiger partial charge in [0.15, 0.2) is 4.32 Å². The predicted molar refractivity (Wildman–Crippen MR) is 93.4 cm³/mol. The highest BCUT2D eigenvalue weighted by Crippen LogP contribution is 2.36. The van der Waals surface area contributed by atoms with E-state index < -0.39 is 0 Å². The number of carbonyl (C=O) groups is 1. The summed E-state index contributed by atoms with van der Waals surface area (Å²) >= 11 is 6.81. The van der Waals surface area contributed by atoms with Crippen molar-refractivity contribution in [3.8, 4) is 0 Å². The van der Waals surface area contributed by atoms with Crippen LogP contribution >= 0.6 is 24.0 Å². The van der Waals surface area contributed by atoms with E-state index in [4.69, 9.17) is 12.2 Å². The van der Waals surface area contributed by atoms with Gasteiger partial charge in [-0.25, -0.2) is 0 Å². The van der Waals surface area contributed by atoms with Gasteiger partial charge in [0.25, 0.3) is 5.91 Å². The number of hydrogen-bond acceptors (Lipinski definition) is 3. The van der Waals surface area contributed by atoms with Gasteiger partial charge in [0.1, 0.15) is 0 Å². The monoisotopic (exact) mass is 315 g/mol. The van der Waals surface area contributed by atoms with Gasteiger partial charge in [-0.15, -0.1) is 0 Å². The standard InChI is InChI=1S/C17H17NOS2/c1-12-7-9-14(10-8-12)18-16(19)15(21-17(18)20)11-13-5-3-2-4-6-13/h2-3,7-11,13H,4-6H2,1H3/b15-11-/t13-/m1/s1. The molecule has 1 heterocycles. The van der Waals surface area contributed by atoms with Gasteiger partial charge >= 0.3 is 0 Å². The van der Waals surface area contributed by atoms with Crippen molar-refractivity contribution in [2.24, 2.45) is 5.92 Å². The van der Waals surface area contributed by atoms with E-state index in [-0.39, 0.29) is 5.91 Å². The minimum Gasteiger partial charge on any atom is -0.268 e. The minimum atomic E-state index is 0.0170. The molecule has 1 fully saturated rings. The maximum Gasteiger partial charge on any atom is 0.270 e. The SMILES string of the molecule is Cc1ccc(N2C(=O)/C(=C/[C@@H]3CC=CCC3)SC2=S)cc1. The first-order valence-electron chi connectivity index (χ1n) is 7.15. The van der Waals surface area contributed by atoms with Gasteiger partial charge in [0.05, 0.1) is 10.6 Å². The lowest BCUT2D eigenvalue weighted by atomic mass is 9.94. The molecule has 0 aromatic heterocycles. The number of thioether (sulfide) groups is 1. The lowest BCUT2D eigenvalue weighted by Gasteiger charge is -2.15. The first-order valence-corrected chi connectivity index (χ1v) is 8.37. The van der Waals surface area contributed by atoms with E-state index in [9.17, 15) is 4.79 Å². The van der Waals surface area contributed by atoms with Crippen LogP contribution in [0, 0.1) is 12.8 Å². The second kappa shape index (κ2) is 6.16. The third-order valence-electron chi connectivity index (χ3n) is 3.78. The van der Waals surface area contributed by atoms with Crippen molar-refractivity contribution in [1.82, 2.24) is 0 Å². The van der Waals surface area contributed by atoms with E-state index in [2.05, 4.69) is 18.2 Å². The van der Waals surface area contributed by atoms with Gasteiger partial charge in [-0.05, 0) is 44.2 Å². The van der Waals surface area contributed by atoms with Crippen LogP contribution in [0.1, 0.15) is 24.8 Å². The number of rotatable bonds is 2. The number of benzene rings is 1. The van der Waals surface area contributed by atoms with Crippen molar-refractivity contribution in [2.75, 3.05) is 4.90 Å². The van der Waals surface area contributed by atoms with Crippen LogP contribution in [0.25, 0.3) is 0 Å². The molecule has 21 heavy (non-hydrogen) atoms. The Bertz CT molecular complexity index is 631. The summed E-state index contributed by atoms with van der Waals surface area (Å²) in [4.78, 5) is 15.0. The number of hydrogen-bond donors (Lipinski definition) is 0. The molecule has 1 aromatic carbocycles. The Morgan fingerprint density at radius 3 is 2.71 bits per heavy atom. The molecular weight excluding hydrogens is 298 g/mol. The first-order chi connectivity index (χ1) is 10.1. The van der Waals surface area contributed by atoms with E-state index in [0.717, 1.165) is 29.9 Å². The molecular formula is C17H17NOS2. The largest absolute Gasteiger partial charge is 0.270 e. The van der Waals surface area contributed by atoms with E-state index in [1.807, 2.05) is 31.2 Å². The zero-order valence-electron chi connectivity index (χ0n) is 11.9. The molecule has 0 N–H and O–H groups in total. The summed E-state index contributed by atoms with van der Waals surface area (Å²) in [6.07, 6.45) is 9.75. The molecule has 2 nitrogen and oxygen atoms in total. The third-order valence-corrected chi connectivity index (χ3v) is 5.10. The fourth-order valence-corrected chi connectivity index (χ4v) is 3.95. The topological polar surface area (TPSA) is 20.3 Å². The number of amides is 1. The maximum atomic E-state index is 12.6. The van der Waals surface area contributed by atoms with Gasteiger partial charge in [-0.3, -0.25) is 9.69 Å². The summed E-state index contributed by atoms with van der Waals surface area (Å²) in [6, 6.07) is 7.91. The summed E-state index contributed by atoms with van der Waals surface area (Å²) in [5.41, 5.74) is 2.03. The molecule has 0 bridgehead atoms. The fourth-order valence-electron chi connectivity index (χ4n) is 2.58. The van der Waals surface area contributed by atoms with E-state index in [0.29, 0.717) is 10.2 Å². The number of carbonyl (C=O) groups excluding carboxylic acids is 1. The molecule has 3 rings (SSSR count). The van der Waals surface area contributed by atoms with Crippen molar-refractivity contribution in [2.45, 2.75) is 26.2 Å². The molecule has 1 amide bonds. The molecule has 2 aliphatic rings. The predicted octanol–water partition coefficient (Wildman–Crippen LogP) is 4.60. The Morgan fingerprint density at radius 2 is 2.05 bits per heavy atom. The zero-order valence-corrected chi connectivity index (χ0v) is 13.5. The van der Waals surface area contributed by atoms with Crippen molar-refractivity contribution < 1.29 is 4.79 Å². The third kappa shape index (κ3) is 3.11. The summed E-state index contributed by atoms with van der Waals surface area (Å²) in [7, 11) is 0. The number of allylic oxidation sites excluding steroid dienone is 3. The molecule has 0 spiro atoms. The van der Waals surface area contributed by atoms with Crippen molar-refractivity contribution in [3.63, 3.8) is 0 Å². The van der Waals surface area contributed by atoms with Gasteiger partial charge in [-0.1, -0.05) is 59.9 Å². The smallest absolute Gasteiger partial charge is 0.268 e. The van der Waals surface area contributed by atoms with Crippen LogP contribution < -0.4 is 4.90 Å². The first kappa shape index (κ1) is 14.5. The van der Waals surface area contributed by atoms with Crippen LogP contribution in [0.5, 0.6) is 0 Å². The Kier molecular flexibility index (Phi) is 4.27. The molecule has 1 aliphatic heterocycles. The molecule has 1 atom stereocenters. The maximum absolute atomic E-state index is 12.6. The molecule has 0 unspecified atom stereocenters. The Labute approximate surface area is 134 Å². The van der Waals surface area contributed by atoms with Crippen LogP contribution in [-0.4, -0.2) is 10.2 Å². The zero-order chi connectivity index (χ0) is 14.8. The molecule has 1 saturated heterocycles. The van der Waals surface area contributed by atoms with Gasteiger partial charge in [0, 0.05) is 0 Å². The number of thiocarbonyl (C=S) groups is 1. The average molecular weight is 315 g/mol. The second-order valence-corrected chi connectivity index (χ2v) is 7.10. The van der Waals surface area contributed by atoms with Gasteiger partial charge in [-0.2, -0.15) is 0 Å². The summed E-state index contributed by atoms with van der Waals surface area (Å²) in [6.45, 7) is 2.03. The lowest BCUT2D eigenvalue weighted by Crippen LogP contribution is -2.27. The highest BCUT2D eigenvalue weighted by atomic mass is 32.2. The Morgan fingerprint density at radius 1 is 1.29 bits per heavy atom. The van der Waals surface area contributed by atoms with Gasteiger partial charge < -0.3 is 0 Å². The van der Waals surface area contributed by atoms with E-state index >= 15 is 0 Å². The number of aryl methyl sites for hydroxylation is 1. The Hall–Kier alpha value is -1.39. The normalized spacial score (nSPS) is 24.1. The van der Waals surface area contributed by atoms with Crippen LogP contribution in [0.3, 0.4) is 0 Å². The number of nitrogens with zero attached hydrogens (tertiary/aromatic N) is 1. The second-order valence-electron chi connectivity index (χ2n) is 5.42. The van der Waals surface area contributed by atoms with Gasteiger partial charge in [0.2, 0.25) is 0 Å². The number of anilines is 1. The highest BCUT2D eigenvalue weighted by molar-refractivity contribution is 8.27. The van der Waals surface area contributed by atoms with Crippen molar-refractivity contribution in [1.29, 1.82) is 0 Å². The molecule has 0 radical (unpaired) electrons. The highest BCUT2D eigenvalue weighted by Gasteiger charge is 2.33. The van der Waals surface area contributed by atoms with Crippen molar-refractivity contribution in [3.05, 3.63) is 53.0 Å². The molecule has 1 aromatic rings. The van der Waals surface area contributed by atoms with E-state index in [1.165, 1.54) is 17.3 Å². The summed E-state index contributed by atoms with van der Waals surface area (Å²) in [5, 5.41) is 0. The quantitative estimate of drug-likeness (QED) is 0.452. The molecule has 108 valence electrons. The minimum absolute atomic E-state index is 0.0170. The summed E-state index contributed by atoms with van der Waals surface area (Å²) < 4.78 is 0.626. The van der Waals surface area contributed by atoms with Crippen LogP contribution in [0.15, 0.2) is 47.4 Å². The Balaban J connectivity index is 1.83. The summed E-state index contributed by atoms with van der Waals surface area (Å²) in [5.74, 6) is 0.477. The molecule has 0 saturated carbocycles. The average Bonchev–Trinajstić information content (AvgIpc) is 2.76. The lowest BCUT2D eigenvalue weighted by molar-refractivity contribution is -0.113. The molecule has 4 heteroatoms. The van der Waals surface area contributed by atoms with Crippen LogP contribution in [0.4, 0.5) is 5.69 Å². The molecule has 1 aliphatic carbocycles. The van der Waals surface area contributed by atoms with Crippen molar-refractivity contribution >= 4 is 39.9 Å². The fraction of sp³-hybridized carbons (Fsp3) is 0.294. The van der Waals surface area contributed by atoms with E-state index in [1.54, 1.807) is 4.90 Å². The van der Waals surface area contributed by atoms with Crippen LogP contribution in [0.2, 0.25) is 0 Å².